The minimum Gasteiger partial charge on any atom is -0.212 e. The monoisotopic (exact) mass is 330 g/mol. The summed E-state index contributed by atoms with van der Waals surface area (Å²) in [5.41, 5.74) is -0.314. The number of alkyl halides is 2. The van der Waals surface area contributed by atoms with Crippen LogP contribution >= 0.6 is 0 Å². The van der Waals surface area contributed by atoms with Gasteiger partial charge in [-0.3, -0.25) is 0 Å². The number of hydrogen-bond acceptors (Lipinski definition) is 0. The molecule has 1 saturated carbocycles. The van der Waals surface area contributed by atoms with Crippen LogP contribution in [0.15, 0.2) is 47.1 Å². The molecular formula is C19H26F4. The van der Waals surface area contributed by atoms with E-state index in [4.69, 9.17) is 0 Å². The van der Waals surface area contributed by atoms with Crippen LogP contribution in [-0.2, 0) is 0 Å². The molecule has 23 heavy (non-hydrogen) atoms. The highest BCUT2D eigenvalue weighted by Crippen LogP contribution is 2.29. The van der Waals surface area contributed by atoms with Crippen molar-refractivity contribution < 1.29 is 17.6 Å². The van der Waals surface area contributed by atoms with Crippen LogP contribution < -0.4 is 0 Å². The molecule has 0 amide bonds. The zero-order valence-electron chi connectivity index (χ0n) is 14.1. The lowest BCUT2D eigenvalue weighted by atomic mass is 9.96. The fraction of sp³-hybridized carbons (Fsp3) is 0.579. The topological polar surface area (TPSA) is 0 Å². The molecule has 0 saturated heterocycles. The first-order valence-electron chi connectivity index (χ1n) is 8.21. The fourth-order valence-electron chi connectivity index (χ4n) is 2.98. The molecule has 1 fully saturated rings. The molecule has 0 aliphatic heterocycles. The molecule has 1 rings (SSSR count). The first-order chi connectivity index (χ1) is 10.9. The SMILES string of the molecule is C/C=C(\C=C/CC1CCCC1)C(C)/C=C(F)\C(=C(/C)F)C(F)F. The fourth-order valence-corrected chi connectivity index (χ4v) is 2.98. The van der Waals surface area contributed by atoms with Gasteiger partial charge in [-0.1, -0.05) is 50.8 Å². The highest BCUT2D eigenvalue weighted by Gasteiger charge is 2.21. The van der Waals surface area contributed by atoms with Crippen LogP contribution in [0.3, 0.4) is 0 Å². The normalized spacial score (nSPS) is 20.5. The molecule has 0 bridgehead atoms. The Balaban J connectivity index is 2.75. The maximum atomic E-state index is 13.9. The van der Waals surface area contributed by atoms with E-state index in [2.05, 4.69) is 6.08 Å². The van der Waals surface area contributed by atoms with Crippen LogP contribution in [0, 0.1) is 11.8 Å². The largest absolute Gasteiger partial charge is 0.269 e. The summed E-state index contributed by atoms with van der Waals surface area (Å²) < 4.78 is 52.4. The number of rotatable bonds is 7. The van der Waals surface area contributed by atoms with Gasteiger partial charge in [-0.15, -0.1) is 0 Å². The summed E-state index contributed by atoms with van der Waals surface area (Å²) in [7, 11) is 0. The molecule has 0 spiro atoms. The van der Waals surface area contributed by atoms with Gasteiger partial charge in [0.25, 0.3) is 6.43 Å². The van der Waals surface area contributed by atoms with Crippen LogP contribution in [0.2, 0.25) is 0 Å². The van der Waals surface area contributed by atoms with Gasteiger partial charge in [-0.2, -0.15) is 0 Å². The van der Waals surface area contributed by atoms with Crippen molar-refractivity contribution in [3.8, 4) is 0 Å². The molecule has 4 heteroatoms. The van der Waals surface area contributed by atoms with Crippen LogP contribution in [0.25, 0.3) is 0 Å². The summed E-state index contributed by atoms with van der Waals surface area (Å²) in [6.45, 7) is 4.38. The van der Waals surface area contributed by atoms with E-state index in [0.717, 1.165) is 30.9 Å². The number of hydrogen-bond donors (Lipinski definition) is 0. The third-order valence-corrected chi connectivity index (χ3v) is 4.36. The Kier molecular flexibility index (Phi) is 8.35. The van der Waals surface area contributed by atoms with E-state index in [1.807, 2.05) is 19.1 Å². The average molecular weight is 330 g/mol. The quantitative estimate of drug-likeness (QED) is 0.346. The van der Waals surface area contributed by atoms with Crippen molar-refractivity contribution in [1.29, 1.82) is 0 Å². The molecule has 0 aromatic rings. The Morgan fingerprint density at radius 1 is 1.17 bits per heavy atom. The molecule has 0 heterocycles. The van der Waals surface area contributed by atoms with Gasteiger partial charge in [0.05, 0.1) is 5.57 Å². The first-order valence-corrected chi connectivity index (χ1v) is 8.21. The van der Waals surface area contributed by atoms with E-state index < -0.39 is 29.6 Å². The van der Waals surface area contributed by atoms with Gasteiger partial charge in [0.1, 0.15) is 11.7 Å². The third-order valence-electron chi connectivity index (χ3n) is 4.36. The predicted octanol–water partition coefficient (Wildman–Crippen LogP) is 7.07. The Morgan fingerprint density at radius 3 is 2.26 bits per heavy atom. The maximum Gasteiger partial charge on any atom is 0.269 e. The van der Waals surface area contributed by atoms with Crippen LogP contribution in [0.5, 0.6) is 0 Å². The molecule has 1 unspecified atom stereocenters. The van der Waals surface area contributed by atoms with Crippen LogP contribution in [0.1, 0.15) is 52.9 Å². The molecule has 130 valence electrons. The van der Waals surface area contributed by atoms with Gasteiger partial charge < -0.3 is 0 Å². The van der Waals surface area contributed by atoms with Gasteiger partial charge >= 0.3 is 0 Å². The molecule has 0 aromatic heterocycles. The van der Waals surface area contributed by atoms with E-state index in [9.17, 15) is 17.6 Å². The lowest BCUT2D eigenvalue weighted by Crippen LogP contribution is -2.02. The summed E-state index contributed by atoms with van der Waals surface area (Å²) in [5, 5.41) is 0. The molecule has 1 atom stereocenters. The Bertz CT molecular complexity index is 487. The van der Waals surface area contributed by atoms with Gasteiger partial charge in [0.15, 0.2) is 0 Å². The summed E-state index contributed by atoms with van der Waals surface area (Å²) in [6.07, 6.45) is 9.76. The van der Waals surface area contributed by atoms with Crippen LogP contribution in [0.4, 0.5) is 17.6 Å². The zero-order valence-corrected chi connectivity index (χ0v) is 14.1. The standard InChI is InChI=1S/C19H26F4/c1-4-16(11-7-10-15-8-5-6-9-15)13(2)12-17(21)18(14(3)20)19(22)23/h4,7,11-13,15,19H,5-6,8-10H2,1-3H3/b11-7-,16-4+,17-12+,18-14-. The second kappa shape index (κ2) is 9.74. The molecular weight excluding hydrogens is 304 g/mol. The highest BCUT2D eigenvalue weighted by atomic mass is 19.3. The van der Waals surface area contributed by atoms with Crippen molar-refractivity contribution in [3.63, 3.8) is 0 Å². The molecule has 1 aliphatic carbocycles. The van der Waals surface area contributed by atoms with Crippen molar-refractivity contribution in [2.45, 2.75) is 59.3 Å². The smallest absolute Gasteiger partial charge is 0.212 e. The van der Waals surface area contributed by atoms with Gasteiger partial charge in [-0.05, 0) is 37.8 Å². The molecule has 1 aliphatic rings. The van der Waals surface area contributed by atoms with Gasteiger partial charge in [0, 0.05) is 5.92 Å². The molecule has 0 N–H and O–H groups in total. The Hall–Kier alpha value is -1.32. The zero-order chi connectivity index (χ0) is 17.4. The first kappa shape index (κ1) is 19.7. The lowest BCUT2D eigenvalue weighted by molar-refractivity contribution is 0.183. The van der Waals surface area contributed by atoms with Gasteiger partial charge in [-0.25, -0.2) is 17.6 Å². The van der Waals surface area contributed by atoms with Crippen molar-refractivity contribution in [3.05, 3.63) is 47.1 Å². The second-order valence-electron chi connectivity index (χ2n) is 6.13. The summed E-state index contributed by atoms with van der Waals surface area (Å²) >= 11 is 0. The van der Waals surface area contributed by atoms with Crippen molar-refractivity contribution >= 4 is 0 Å². The second-order valence-corrected chi connectivity index (χ2v) is 6.13. The predicted molar refractivity (Wildman–Crippen MR) is 87.6 cm³/mol. The average Bonchev–Trinajstić information content (AvgIpc) is 2.95. The van der Waals surface area contributed by atoms with Crippen molar-refractivity contribution in [2.75, 3.05) is 0 Å². The van der Waals surface area contributed by atoms with E-state index in [1.165, 1.54) is 25.7 Å². The molecule has 0 radical (unpaired) electrons. The van der Waals surface area contributed by atoms with E-state index in [-0.39, 0.29) is 0 Å². The number of allylic oxidation sites excluding steroid dienone is 8. The minimum atomic E-state index is -3.16. The van der Waals surface area contributed by atoms with E-state index >= 15 is 0 Å². The third kappa shape index (κ3) is 6.36. The number of halogens is 4. The molecule has 0 aromatic carbocycles. The highest BCUT2D eigenvalue weighted by molar-refractivity contribution is 5.33. The van der Waals surface area contributed by atoms with Crippen LogP contribution in [-0.4, -0.2) is 6.43 Å². The summed E-state index contributed by atoms with van der Waals surface area (Å²) in [4.78, 5) is 0. The Labute approximate surface area is 136 Å². The minimum absolute atomic E-state index is 0.395. The maximum absolute atomic E-state index is 13.9. The lowest BCUT2D eigenvalue weighted by Gasteiger charge is -2.11. The van der Waals surface area contributed by atoms with Crippen molar-refractivity contribution in [2.24, 2.45) is 11.8 Å². The Morgan fingerprint density at radius 2 is 1.78 bits per heavy atom. The van der Waals surface area contributed by atoms with E-state index in [0.29, 0.717) is 0 Å². The molecule has 0 nitrogen and oxygen atoms in total. The summed E-state index contributed by atoms with van der Waals surface area (Å²) in [6, 6.07) is 0. The summed E-state index contributed by atoms with van der Waals surface area (Å²) in [5.74, 6) is -2.04. The van der Waals surface area contributed by atoms with E-state index in [1.54, 1.807) is 6.92 Å². The van der Waals surface area contributed by atoms with Crippen molar-refractivity contribution in [1.82, 2.24) is 0 Å². The van der Waals surface area contributed by atoms with Gasteiger partial charge in [0.2, 0.25) is 0 Å².